The van der Waals surface area contributed by atoms with E-state index in [9.17, 15) is 9.90 Å². The predicted molar refractivity (Wildman–Crippen MR) is 110 cm³/mol. The van der Waals surface area contributed by atoms with Crippen molar-refractivity contribution in [3.05, 3.63) is 0 Å². The third-order valence-corrected chi connectivity index (χ3v) is 5.48. The van der Waals surface area contributed by atoms with Crippen LogP contribution in [0.5, 0.6) is 0 Å². The lowest BCUT2D eigenvalue weighted by atomic mass is 10.1. The summed E-state index contributed by atoms with van der Waals surface area (Å²) in [5, 5.41) is 19.7. The quantitative estimate of drug-likeness (QED) is 0.236. The lowest BCUT2D eigenvalue weighted by molar-refractivity contribution is -0.931. The molecule has 4 nitrogen and oxygen atoms in total. The largest absolute Gasteiger partial charge is 0.481 e. The normalized spacial score (nSPS) is 13.1. The van der Waals surface area contributed by atoms with Crippen LogP contribution in [0, 0.1) is 0 Å². The Morgan fingerprint density at radius 2 is 1.27 bits per heavy atom. The number of aliphatic hydroxyl groups excluding tert-OH is 1. The van der Waals surface area contributed by atoms with E-state index in [1.165, 1.54) is 57.8 Å². The molecule has 0 aromatic rings. The molecular formula is C22H46NO3+. The fourth-order valence-electron chi connectivity index (χ4n) is 3.91. The highest BCUT2D eigenvalue weighted by atomic mass is 16.4. The molecule has 4 heteroatoms. The minimum atomic E-state index is -0.703. The molecule has 0 fully saturated rings. The molecule has 0 aromatic heterocycles. The van der Waals surface area contributed by atoms with Crippen molar-refractivity contribution in [1.29, 1.82) is 0 Å². The predicted octanol–water partition coefficient (Wildman–Crippen LogP) is 5.38. The van der Waals surface area contributed by atoms with Gasteiger partial charge in [-0.2, -0.15) is 0 Å². The number of carboxylic acids is 1. The number of carbonyl (C=O) groups is 1. The maximum Gasteiger partial charge on any atom is 0.303 e. The molecule has 26 heavy (non-hydrogen) atoms. The van der Waals surface area contributed by atoms with Crippen molar-refractivity contribution in [2.24, 2.45) is 0 Å². The second-order valence-corrected chi connectivity index (χ2v) is 8.11. The Bertz CT molecular complexity index is 323. The van der Waals surface area contributed by atoms with Crippen molar-refractivity contribution < 1.29 is 19.5 Å². The number of unbranched alkanes of at least 4 members (excludes halogenated alkanes) is 7. The van der Waals surface area contributed by atoms with Gasteiger partial charge in [-0.05, 0) is 32.1 Å². The fraction of sp³-hybridized carbons (Fsp3) is 0.955. The van der Waals surface area contributed by atoms with Gasteiger partial charge in [0.05, 0.1) is 26.1 Å². The standard InChI is InChI=1S/C22H45NO3/c1-4-7-10-11-15-21(24)20-23(17-12-8-5-2,18-13-9-6-3)19-14-16-22(25)26/h21,24H,4-20H2,1-3H3/p+1. The Hall–Kier alpha value is -0.610. The van der Waals surface area contributed by atoms with Gasteiger partial charge in [-0.1, -0.05) is 59.3 Å². The van der Waals surface area contributed by atoms with E-state index in [4.69, 9.17) is 5.11 Å². The summed E-state index contributed by atoms with van der Waals surface area (Å²) in [5.41, 5.74) is 0. The van der Waals surface area contributed by atoms with E-state index in [1.807, 2.05) is 0 Å². The highest BCUT2D eigenvalue weighted by molar-refractivity contribution is 5.66. The number of aliphatic hydroxyl groups is 1. The molecule has 2 N–H and O–H groups in total. The Balaban J connectivity index is 4.83. The summed E-state index contributed by atoms with van der Waals surface area (Å²) < 4.78 is 0.919. The van der Waals surface area contributed by atoms with E-state index in [-0.39, 0.29) is 12.5 Å². The highest BCUT2D eigenvalue weighted by Gasteiger charge is 2.29. The number of carboxylic acid groups (broad SMARTS) is 1. The molecule has 0 aliphatic carbocycles. The van der Waals surface area contributed by atoms with Gasteiger partial charge in [0.15, 0.2) is 0 Å². The molecule has 0 saturated carbocycles. The van der Waals surface area contributed by atoms with Crippen LogP contribution in [-0.2, 0) is 4.79 Å². The van der Waals surface area contributed by atoms with Crippen LogP contribution < -0.4 is 0 Å². The van der Waals surface area contributed by atoms with E-state index in [1.54, 1.807) is 0 Å². The average Bonchev–Trinajstić information content (AvgIpc) is 2.59. The van der Waals surface area contributed by atoms with Gasteiger partial charge in [-0.25, -0.2) is 0 Å². The molecule has 0 spiro atoms. The van der Waals surface area contributed by atoms with E-state index >= 15 is 0 Å². The molecule has 0 aliphatic rings. The van der Waals surface area contributed by atoms with Crippen molar-refractivity contribution in [1.82, 2.24) is 0 Å². The van der Waals surface area contributed by atoms with Crippen LogP contribution in [0.15, 0.2) is 0 Å². The van der Waals surface area contributed by atoms with Gasteiger partial charge in [0.1, 0.15) is 12.6 Å². The fourth-order valence-corrected chi connectivity index (χ4v) is 3.91. The third-order valence-electron chi connectivity index (χ3n) is 5.48. The number of aliphatic carboxylic acids is 1. The number of quaternary nitrogens is 1. The number of hydrogen-bond acceptors (Lipinski definition) is 2. The monoisotopic (exact) mass is 372 g/mol. The minimum Gasteiger partial charge on any atom is -0.481 e. The van der Waals surface area contributed by atoms with Gasteiger partial charge >= 0.3 is 5.97 Å². The molecule has 156 valence electrons. The van der Waals surface area contributed by atoms with Crippen LogP contribution in [0.1, 0.15) is 104 Å². The van der Waals surface area contributed by atoms with Crippen LogP contribution in [0.3, 0.4) is 0 Å². The Morgan fingerprint density at radius 3 is 1.77 bits per heavy atom. The van der Waals surface area contributed by atoms with Crippen LogP contribution >= 0.6 is 0 Å². The second-order valence-electron chi connectivity index (χ2n) is 8.11. The molecule has 1 atom stereocenters. The molecule has 0 saturated heterocycles. The minimum absolute atomic E-state index is 0.244. The lowest BCUT2D eigenvalue weighted by Gasteiger charge is -2.40. The van der Waals surface area contributed by atoms with Gasteiger partial charge in [-0.3, -0.25) is 4.79 Å². The second kappa shape index (κ2) is 16.6. The van der Waals surface area contributed by atoms with Crippen LogP contribution in [0.4, 0.5) is 0 Å². The molecule has 0 aliphatic heterocycles. The third kappa shape index (κ3) is 13.6. The Kier molecular flexibility index (Phi) is 16.2. The maximum atomic E-state index is 11.0. The SMILES string of the molecule is CCCCCCC(O)C[N+](CCCCC)(CCCCC)CCCC(=O)O. The lowest BCUT2D eigenvalue weighted by Crippen LogP contribution is -2.54. The van der Waals surface area contributed by atoms with E-state index in [0.717, 1.165) is 49.9 Å². The molecule has 0 heterocycles. The zero-order valence-corrected chi connectivity index (χ0v) is 17.8. The maximum absolute atomic E-state index is 11.0. The number of rotatable bonds is 19. The van der Waals surface area contributed by atoms with Crippen molar-refractivity contribution in [2.45, 2.75) is 110 Å². The zero-order chi connectivity index (χ0) is 19.7. The van der Waals surface area contributed by atoms with Gasteiger partial charge in [0.25, 0.3) is 0 Å². The summed E-state index contributed by atoms with van der Waals surface area (Å²) in [6.07, 6.45) is 13.6. The molecule has 0 rings (SSSR count). The average molecular weight is 373 g/mol. The zero-order valence-electron chi connectivity index (χ0n) is 17.8. The molecule has 0 aromatic carbocycles. The Labute approximate surface area is 162 Å². The molecule has 0 radical (unpaired) electrons. The first kappa shape index (κ1) is 25.4. The molecule has 1 unspecified atom stereocenters. The first-order valence-electron chi connectivity index (χ1n) is 11.2. The number of nitrogens with zero attached hydrogens (tertiary/aromatic N) is 1. The first-order chi connectivity index (χ1) is 12.5. The summed E-state index contributed by atoms with van der Waals surface area (Å²) in [4.78, 5) is 11.0. The van der Waals surface area contributed by atoms with Crippen LogP contribution in [-0.4, -0.2) is 52.9 Å². The van der Waals surface area contributed by atoms with Crippen molar-refractivity contribution in [3.8, 4) is 0 Å². The first-order valence-corrected chi connectivity index (χ1v) is 11.2. The van der Waals surface area contributed by atoms with Crippen LogP contribution in [0.2, 0.25) is 0 Å². The topological polar surface area (TPSA) is 57.5 Å². The van der Waals surface area contributed by atoms with Gasteiger partial charge < -0.3 is 14.7 Å². The Morgan fingerprint density at radius 1 is 0.769 bits per heavy atom. The summed E-state index contributed by atoms with van der Waals surface area (Å²) in [7, 11) is 0. The summed E-state index contributed by atoms with van der Waals surface area (Å²) in [6, 6.07) is 0. The summed E-state index contributed by atoms with van der Waals surface area (Å²) >= 11 is 0. The van der Waals surface area contributed by atoms with Crippen LogP contribution in [0.25, 0.3) is 0 Å². The van der Waals surface area contributed by atoms with E-state index < -0.39 is 5.97 Å². The summed E-state index contributed by atoms with van der Waals surface area (Å²) in [5.74, 6) is -0.703. The van der Waals surface area contributed by atoms with Gasteiger partial charge in [-0.15, -0.1) is 0 Å². The van der Waals surface area contributed by atoms with E-state index in [2.05, 4.69) is 20.8 Å². The molecular weight excluding hydrogens is 326 g/mol. The molecule has 0 amide bonds. The number of hydrogen-bond donors (Lipinski definition) is 2. The summed E-state index contributed by atoms with van der Waals surface area (Å²) in [6.45, 7) is 10.5. The van der Waals surface area contributed by atoms with Crippen molar-refractivity contribution in [2.75, 3.05) is 26.2 Å². The van der Waals surface area contributed by atoms with Crippen molar-refractivity contribution in [3.63, 3.8) is 0 Å². The van der Waals surface area contributed by atoms with Gasteiger partial charge in [0.2, 0.25) is 0 Å². The van der Waals surface area contributed by atoms with Gasteiger partial charge in [0, 0.05) is 6.42 Å². The van der Waals surface area contributed by atoms with E-state index in [0.29, 0.717) is 0 Å². The van der Waals surface area contributed by atoms with Crippen molar-refractivity contribution >= 4 is 5.97 Å². The smallest absolute Gasteiger partial charge is 0.303 e. The highest BCUT2D eigenvalue weighted by Crippen LogP contribution is 2.19. The molecule has 0 bridgehead atoms.